The van der Waals surface area contributed by atoms with Crippen LogP contribution in [0.2, 0.25) is 0 Å². The van der Waals surface area contributed by atoms with Crippen LogP contribution in [0, 0.1) is 23.7 Å². The molecule has 1 fully saturated rings. The number of methoxy groups -OCH3 is 1. The van der Waals surface area contributed by atoms with Gasteiger partial charge in [0.25, 0.3) is 0 Å². The lowest BCUT2D eigenvalue weighted by Crippen LogP contribution is -2.33. The molecule has 0 saturated heterocycles. The molecule has 2 aliphatic rings. The Balaban J connectivity index is 2.26. The smallest absolute Gasteiger partial charge is 0.310 e. The predicted octanol–water partition coefficient (Wildman–Crippen LogP) is 0.682. The van der Waals surface area contributed by atoms with E-state index < -0.39 is 23.8 Å². The lowest BCUT2D eigenvalue weighted by atomic mass is 9.83. The Bertz CT molecular complexity index is 307. The van der Waals surface area contributed by atoms with Gasteiger partial charge in [0.1, 0.15) is 0 Å². The molecule has 14 heavy (non-hydrogen) atoms. The van der Waals surface area contributed by atoms with Crippen molar-refractivity contribution in [2.45, 2.75) is 6.42 Å². The van der Waals surface area contributed by atoms with Crippen molar-refractivity contribution < 1.29 is 19.4 Å². The maximum atomic E-state index is 11.4. The first kappa shape index (κ1) is 9.24. The van der Waals surface area contributed by atoms with Gasteiger partial charge in [-0.3, -0.25) is 9.59 Å². The highest BCUT2D eigenvalue weighted by molar-refractivity contribution is 5.83. The Morgan fingerprint density at radius 3 is 2.36 bits per heavy atom. The second kappa shape index (κ2) is 3.12. The van der Waals surface area contributed by atoms with Gasteiger partial charge in [-0.15, -0.1) is 0 Å². The second-order valence-electron chi connectivity index (χ2n) is 3.86. The summed E-state index contributed by atoms with van der Waals surface area (Å²) in [5, 5.41) is 9.01. The van der Waals surface area contributed by atoms with Crippen LogP contribution in [0.4, 0.5) is 0 Å². The highest BCUT2D eigenvalue weighted by Crippen LogP contribution is 2.48. The number of allylic oxidation sites excluding steroid dienone is 2. The average Bonchev–Trinajstić information content (AvgIpc) is 2.74. The molecule has 1 saturated carbocycles. The third-order valence-corrected chi connectivity index (χ3v) is 3.22. The SMILES string of the molecule is COC(=O)C1C(C(=O)O)[C@H]2C=C[C@@H]1C2. The molecule has 2 unspecified atom stereocenters. The number of carboxylic acids is 1. The molecule has 0 spiro atoms. The number of esters is 1. The summed E-state index contributed by atoms with van der Waals surface area (Å²) in [5.74, 6) is -2.27. The molecule has 76 valence electrons. The summed E-state index contributed by atoms with van der Waals surface area (Å²) in [5.41, 5.74) is 0. The number of carboxylic acid groups (broad SMARTS) is 1. The zero-order valence-corrected chi connectivity index (χ0v) is 7.84. The Kier molecular flexibility index (Phi) is 2.06. The Morgan fingerprint density at radius 2 is 1.86 bits per heavy atom. The van der Waals surface area contributed by atoms with Crippen LogP contribution < -0.4 is 0 Å². The van der Waals surface area contributed by atoms with Crippen molar-refractivity contribution in [3.8, 4) is 0 Å². The fourth-order valence-corrected chi connectivity index (χ4v) is 2.62. The van der Waals surface area contributed by atoms with Gasteiger partial charge < -0.3 is 9.84 Å². The van der Waals surface area contributed by atoms with E-state index in [0.717, 1.165) is 6.42 Å². The first-order valence-electron chi connectivity index (χ1n) is 4.64. The largest absolute Gasteiger partial charge is 0.481 e. The quantitative estimate of drug-likeness (QED) is 0.521. The molecule has 0 heterocycles. The van der Waals surface area contributed by atoms with E-state index in [9.17, 15) is 9.59 Å². The molecule has 4 nitrogen and oxygen atoms in total. The second-order valence-corrected chi connectivity index (χ2v) is 3.86. The number of ether oxygens (including phenoxy) is 1. The topological polar surface area (TPSA) is 63.6 Å². The number of aliphatic carboxylic acids is 1. The van der Waals surface area contributed by atoms with Crippen molar-refractivity contribution in [2.75, 3.05) is 7.11 Å². The Labute approximate surface area is 81.6 Å². The number of carbonyl (C=O) groups is 2. The highest BCUT2D eigenvalue weighted by Gasteiger charge is 2.52. The van der Waals surface area contributed by atoms with Crippen LogP contribution in [-0.2, 0) is 14.3 Å². The summed E-state index contributed by atoms with van der Waals surface area (Å²) < 4.78 is 4.63. The van der Waals surface area contributed by atoms with E-state index in [-0.39, 0.29) is 11.8 Å². The van der Waals surface area contributed by atoms with Crippen LogP contribution in [0.3, 0.4) is 0 Å². The summed E-state index contributed by atoms with van der Waals surface area (Å²) in [4.78, 5) is 22.4. The molecule has 0 amide bonds. The number of hydrogen-bond donors (Lipinski definition) is 1. The first-order chi connectivity index (χ1) is 6.65. The average molecular weight is 196 g/mol. The molecular formula is C10H12O4. The molecule has 4 atom stereocenters. The Hall–Kier alpha value is -1.32. The maximum Gasteiger partial charge on any atom is 0.310 e. The molecule has 0 aromatic rings. The van der Waals surface area contributed by atoms with E-state index in [0.29, 0.717) is 0 Å². The fourth-order valence-electron chi connectivity index (χ4n) is 2.62. The van der Waals surface area contributed by atoms with E-state index in [1.165, 1.54) is 7.11 Å². The van der Waals surface area contributed by atoms with Crippen LogP contribution in [0.15, 0.2) is 12.2 Å². The van der Waals surface area contributed by atoms with Crippen LogP contribution in [0.1, 0.15) is 6.42 Å². The molecule has 0 aromatic carbocycles. The summed E-state index contributed by atoms with van der Waals surface area (Å²) in [6.45, 7) is 0. The van der Waals surface area contributed by atoms with Gasteiger partial charge in [0, 0.05) is 0 Å². The minimum absolute atomic E-state index is 0.0154. The first-order valence-corrected chi connectivity index (χ1v) is 4.64. The van der Waals surface area contributed by atoms with Gasteiger partial charge in [0.05, 0.1) is 18.9 Å². The molecule has 0 radical (unpaired) electrons. The summed E-state index contributed by atoms with van der Waals surface area (Å²) >= 11 is 0. The maximum absolute atomic E-state index is 11.4. The van der Waals surface area contributed by atoms with Crippen molar-refractivity contribution in [1.82, 2.24) is 0 Å². The third kappa shape index (κ3) is 1.14. The Morgan fingerprint density at radius 1 is 1.29 bits per heavy atom. The van der Waals surface area contributed by atoms with E-state index in [1.54, 1.807) is 0 Å². The molecule has 0 aliphatic heterocycles. The van der Waals surface area contributed by atoms with Gasteiger partial charge in [-0.1, -0.05) is 12.2 Å². The normalized spacial score (nSPS) is 38.6. The van der Waals surface area contributed by atoms with Crippen LogP contribution in [-0.4, -0.2) is 24.2 Å². The van der Waals surface area contributed by atoms with Crippen molar-refractivity contribution >= 4 is 11.9 Å². The zero-order valence-electron chi connectivity index (χ0n) is 7.84. The zero-order chi connectivity index (χ0) is 10.3. The highest BCUT2D eigenvalue weighted by atomic mass is 16.5. The van der Waals surface area contributed by atoms with Gasteiger partial charge in [-0.05, 0) is 18.3 Å². The fraction of sp³-hybridized carbons (Fsp3) is 0.600. The molecule has 2 bridgehead atoms. The number of carbonyl (C=O) groups excluding carboxylic acids is 1. The molecule has 0 aromatic heterocycles. The molecule has 2 rings (SSSR count). The lowest BCUT2D eigenvalue weighted by molar-refractivity contribution is -0.156. The van der Waals surface area contributed by atoms with Crippen molar-refractivity contribution in [3.63, 3.8) is 0 Å². The van der Waals surface area contributed by atoms with Crippen LogP contribution >= 0.6 is 0 Å². The summed E-state index contributed by atoms with van der Waals surface area (Å²) in [6.07, 6.45) is 4.62. The van der Waals surface area contributed by atoms with Crippen LogP contribution in [0.5, 0.6) is 0 Å². The minimum Gasteiger partial charge on any atom is -0.481 e. The molecule has 1 N–H and O–H groups in total. The van der Waals surface area contributed by atoms with Crippen LogP contribution in [0.25, 0.3) is 0 Å². The van der Waals surface area contributed by atoms with Crippen molar-refractivity contribution in [3.05, 3.63) is 12.2 Å². The van der Waals surface area contributed by atoms with Crippen molar-refractivity contribution in [2.24, 2.45) is 23.7 Å². The van der Waals surface area contributed by atoms with Gasteiger partial charge in [0.2, 0.25) is 0 Å². The summed E-state index contributed by atoms with van der Waals surface area (Å²) in [6, 6.07) is 0. The summed E-state index contributed by atoms with van der Waals surface area (Å²) in [7, 11) is 1.30. The van der Waals surface area contributed by atoms with E-state index >= 15 is 0 Å². The molecule has 4 heteroatoms. The molecule has 2 aliphatic carbocycles. The van der Waals surface area contributed by atoms with E-state index in [1.807, 2.05) is 12.2 Å². The number of rotatable bonds is 2. The minimum atomic E-state index is -0.891. The van der Waals surface area contributed by atoms with Gasteiger partial charge in [-0.2, -0.15) is 0 Å². The standard InChI is InChI=1S/C10H12O4/c1-14-10(13)8-6-3-2-5(4-6)7(8)9(11)12/h2-3,5-8H,4H2,1H3,(H,11,12)/t5-,6+,7?,8?/m0/s1. The van der Waals surface area contributed by atoms with E-state index in [4.69, 9.17) is 5.11 Å². The van der Waals surface area contributed by atoms with Gasteiger partial charge in [0.15, 0.2) is 0 Å². The van der Waals surface area contributed by atoms with Gasteiger partial charge >= 0.3 is 11.9 Å². The molecular weight excluding hydrogens is 184 g/mol. The van der Waals surface area contributed by atoms with E-state index in [2.05, 4.69) is 4.74 Å². The number of fused-ring (bicyclic) bond motifs is 2. The predicted molar refractivity (Wildman–Crippen MR) is 47.4 cm³/mol. The van der Waals surface area contributed by atoms with Crippen molar-refractivity contribution in [1.29, 1.82) is 0 Å². The lowest BCUT2D eigenvalue weighted by Gasteiger charge is -2.21. The monoisotopic (exact) mass is 196 g/mol. The third-order valence-electron chi connectivity index (χ3n) is 3.22. The number of hydrogen-bond acceptors (Lipinski definition) is 3. The van der Waals surface area contributed by atoms with Gasteiger partial charge in [-0.25, -0.2) is 0 Å².